The van der Waals surface area contributed by atoms with Gasteiger partial charge in [-0.15, -0.1) is 11.3 Å². The zero-order valence-corrected chi connectivity index (χ0v) is 22.1. The van der Waals surface area contributed by atoms with Crippen molar-refractivity contribution in [2.45, 2.75) is 44.4 Å². The number of hydrogen-bond acceptors (Lipinski definition) is 5. The molecule has 4 rings (SSSR count). The first-order valence-corrected chi connectivity index (χ1v) is 13.2. The number of fused-ring (bicyclic) bond motifs is 2. The summed E-state index contributed by atoms with van der Waals surface area (Å²) in [5.74, 6) is 5.10. The normalized spacial score (nSPS) is 14.0. The molecule has 0 radical (unpaired) electrons. The van der Waals surface area contributed by atoms with E-state index in [9.17, 15) is 14.4 Å². The summed E-state index contributed by atoms with van der Waals surface area (Å²) in [5, 5.41) is 13.1. The van der Waals surface area contributed by atoms with Crippen molar-refractivity contribution < 1.29 is 14.4 Å². The molecule has 0 fully saturated rings. The van der Waals surface area contributed by atoms with Crippen LogP contribution in [0.4, 0.5) is 0 Å². The van der Waals surface area contributed by atoms with E-state index >= 15 is 0 Å². The molecule has 194 valence electrons. The van der Waals surface area contributed by atoms with Crippen molar-refractivity contribution >= 4 is 50.4 Å². The van der Waals surface area contributed by atoms with E-state index in [1.165, 1.54) is 0 Å². The van der Waals surface area contributed by atoms with Gasteiger partial charge in [0.2, 0.25) is 18.2 Å². The lowest BCUT2D eigenvalue weighted by Crippen LogP contribution is -2.59. The van der Waals surface area contributed by atoms with Gasteiger partial charge in [0.25, 0.3) is 0 Å². The van der Waals surface area contributed by atoms with Crippen molar-refractivity contribution in [1.82, 2.24) is 16.0 Å². The second-order valence-electron chi connectivity index (χ2n) is 9.28. The highest BCUT2D eigenvalue weighted by molar-refractivity contribution is 7.17. The average Bonchev–Trinajstić information content (AvgIpc) is 3.34. The summed E-state index contributed by atoms with van der Waals surface area (Å²) in [6, 6.07) is 20.6. The highest BCUT2D eigenvalue weighted by Crippen LogP contribution is 2.27. The quantitative estimate of drug-likeness (QED) is 0.152. The molecular weight excluding hydrogens is 496 g/mol. The minimum absolute atomic E-state index is 0.256. The van der Waals surface area contributed by atoms with Gasteiger partial charge in [0.15, 0.2) is 6.17 Å². The number of benzene rings is 3. The van der Waals surface area contributed by atoms with E-state index in [1.54, 1.807) is 18.3 Å². The standard InChI is InChI=1S/C30H30N4O3S/c1-3-30(2,31)29(37)33-25(17-22-18-38-26-14-7-6-13-24(22)26)28(36)34-27(32-19-35)16-15-21-11-8-10-20-9-4-5-12-23(20)21/h4-14,18-19,25,27H,3,17,31H2,1-2H3,(H,32,35)(H,33,37)(H,34,36)/t25-,27-,30-/m1/s1. The second kappa shape index (κ2) is 11.9. The first-order valence-electron chi connectivity index (χ1n) is 12.4. The molecule has 1 aromatic heterocycles. The maximum absolute atomic E-state index is 13.5. The fraction of sp³-hybridized carbons (Fsp3) is 0.233. The Bertz CT molecular complexity index is 1530. The topological polar surface area (TPSA) is 113 Å². The Morgan fingerprint density at radius 3 is 2.50 bits per heavy atom. The number of thiophene rings is 1. The van der Waals surface area contributed by atoms with Gasteiger partial charge in [-0.05, 0) is 52.6 Å². The average molecular weight is 527 g/mol. The van der Waals surface area contributed by atoms with Gasteiger partial charge in [-0.1, -0.05) is 73.4 Å². The molecule has 3 aromatic carbocycles. The van der Waals surface area contributed by atoms with E-state index in [2.05, 4.69) is 27.8 Å². The predicted molar refractivity (Wildman–Crippen MR) is 152 cm³/mol. The monoisotopic (exact) mass is 526 g/mol. The van der Waals surface area contributed by atoms with Crippen molar-refractivity contribution in [3.8, 4) is 11.8 Å². The van der Waals surface area contributed by atoms with Crippen molar-refractivity contribution in [3.63, 3.8) is 0 Å². The van der Waals surface area contributed by atoms with Gasteiger partial charge < -0.3 is 21.7 Å². The van der Waals surface area contributed by atoms with Gasteiger partial charge in [-0.3, -0.25) is 14.4 Å². The van der Waals surface area contributed by atoms with Crippen LogP contribution in [-0.4, -0.2) is 36.0 Å². The first kappa shape index (κ1) is 26.9. The minimum atomic E-state index is -1.14. The third kappa shape index (κ3) is 6.20. The fourth-order valence-electron chi connectivity index (χ4n) is 4.02. The summed E-state index contributed by atoms with van der Waals surface area (Å²) in [7, 11) is 0. The number of amides is 3. The molecule has 0 saturated carbocycles. The third-order valence-electron chi connectivity index (χ3n) is 6.52. The summed E-state index contributed by atoms with van der Waals surface area (Å²) in [5.41, 5.74) is 6.72. The molecule has 0 aliphatic carbocycles. The molecule has 0 spiro atoms. The van der Waals surface area contributed by atoms with Gasteiger partial charge in [0.1, 0.15) is 6.04 Å². The van der Waals surface area contributed by atoms with Crippen LogP contribution >= 0.6 is 11.3 Å². The molecule has 3 atom stereocenters. The maximum Gasteiger partial charge on any atom is 0.245 e. The number of nitrogens with two attached hydrogens (primary N) is 1. The highest BCUT2D eigenvalue weighted by Gasteiger charge is 2.31. The largest absolute Gasteiger partial charge is 0.342 e. The zero-order chi connectivity index (χ0) is 27.1. The van der Waals surface area contributed by atoms with Crippen LogP contribution in [0.3, 0.4) is 0 Å². The first-order chi connectivity index (χ1) is 18.3. The molecule has 0 bridgehead atoms. The molecule has 5 N–H and O–H groups in total. The van der Waals surface area contributed by atoms with Crippen molar-refractivity contribution in [1.29, 1.82) is 0 Å². The van der Waals surface area contributed by atoms with Crippen LogP contribution in [0.2, 0.25) is 0 Å². The molecule has 0 saturated heterocycles. The maximum atomic E-state index is 13.5. The fourth-order valence-corrected chi connectivity index (χ4v) is 4.99. The molecule has 8 heteroatoms. The van der Waals surface area contributed by atoms with Crippen LogP contribution in [0, 0.1) is 11.8 Å². The Morgan fingerprint density at radius 1 is 1.03 bits per heavy atom. The Balaban J connectivity index is 1.60. The van der Waals surface area contributed by atoms with Crippen LogP contribution in [0.15, 0.2) is 72.1 Å². The summed E-state index contributed by atoms with van der Waals surface area (Å²) >= 11 is 1.58. The smallest absolute Gasteiger partial charge is 0.245 e. The van der Waals surface area contributed by atoms with Crippen LogP contribution < -0.4 is 21.7 Å². The molecule has 1 heterocycles. The molecule has 0 aliphatic heterocycles. The van der Waals surface area contributed by atoms with E-state index in [4.69, 9.17) is 5.73 Å². The molecule has 3 amide bonds. The SMILES string of the molecule is CC[C@@](C)(N)C(=O)N[C@H](Cc1csc2ccccc12)C(=O)N[C@H](C#Cc1cccc2ccccc12)NC=O. The summed E-state index contributed by atoms with van der Waals surface area (Å²) in [6.07, 6.45) is 0.177. The number of nitrogens with one attached hydrogen (secondary N) is 3. The van der Waals surface area contributed by atoms with Crippen molar-refractivity contribution in [3.05, 3.63) is 83.2 Å². The Labute approximate surface area is 225 Å². The summed E-state index contributed by atoms with van der Waals surface area (Å²) in [4.78, 5) is 37.7. The Kier molecular flexibility index (Phi) is 8.41. The molecular formula is C30H30N4O3S. The van der Waals surface area contributed by atoms with E-state index in [-0.39, 0.29) is 6.42 Å². The summed E-state index contributed by atoms with van der Waals surface area (Å²) in [6.45, 7) is 3.44. The van der Waals surface area contributed by atoms with Crippen LogP contribution in [0.5, 0.6) is 0 Å². The lowest BCUT2D eigenvalue weighted by atomic mass is 9.97. The summed E-state index contributed by atoms with van der Waals surface area (Å²) < 4.78 is 1.09. The van der Waals surface area contributed by atoms with Gasteiger partial charge in [-0.25, -0.2) is 0 Å². The van der Waals surface area contributed by atoms with Crippen LogP contribution in [0.1, 0.15) is 31.4 Å². The Morgan fingerprint density at radius 2 is 1.74 bits per heavy atom. The predicted octanol–water partition coefficient (Wildman–Crippen LogP) is 3.45. The van der Waals surface area contributed by atoms with E-state index in [1.807, 2.05) is 79.0 Å². The van der Waals surface area contributed by atoms with Gasteiger partial charge in [0, 0.05) is 16.7 Å². The van der Waals surface area contributed by atoms with Crippen molar-refractivity contribution in [2.75, 3.05) is 0 Å². The molecule has 0 aliphatic rings. The number of carbonyl (C=O) groups excluding carboxylic acids is 3. The molecule has 0 unspecified atom stereocenters. The van der Waals surface area contributed by atoms with E-state index < -0.39 is 29.6 Å². The van der Waals surface area contributed by atoms with E-state index in [0.717, 1.165) is 32.0 Å². The molecule has 7 nitrogen and oxygen atoms in total. The molecule has 4 aromatic rings. The highest BCUT2D eigenvalue weighted by atomic mass is 32.1. The minimum Gasteiger partial charge on any atom is -0.342 e. The van der Waals surface area contributed by atoms with Crippen LogP contribution in [0.25, 0.3) is 20.9 Å². The van der Waals surface area contributed by atoms with E-state index in [0.29, 0.717) is 12.8 Å². The van der Waals surface area contributed by atoms with Gasteiger partial charge in [-0.2, -0.15) is 0 Å². The van der Waals surface area contributed by atoms with Crippen molar-refractivity contribution in [2.24, 2.45) is 5.73 Å². The van der Waals surface area contributed by atoms with Gasteiger partial charge in [0.05, 0.1) is 5.54 Å². The lowest BCUT2D eigenvalue weighted by molar-refractivity contribution is -0.132. The number of hydrogen-bond donors (Lipinski definition) is 4. The molecule has 38 heavy (non-hydrogen) atoms. The number of carbonyl (C=O) groups is 3. The van der Waals surface area contributed by atoms with Crippen LogP contribution in [-0.2, 0) is 20.8 Å². The Hall–Kier alpha value is -4.19. The third-order valence-corrected chi connectivity index (χ3v) is 7.53. The number of rotatable bonds is 9. The van der Waals surface area contributed by atoms with Gasteiger partial charge >= 0.3 is 0 Å². The second-order valence-corrected chi connectivity index (χ2v) is 10.2. The zero-order valence-electron chi connectivity index (χ0n) is 21.3. The lowest BCUT2D eigenvalue weighted by Gasteiger charge is -2.26.